The summed E-state index contributed by atoms with van der Waals surface area (Å²) in [4.78, 5) is 45.5. The number of aromatic nitrogens is 1. The Balaban J connectivity index is 1.38. The molecule has 3 aromatic rings. The highest BCUT2D eigenvalue weighted by Crippen LogP contribution is 2.25. The van der Waals surface area contributed by atoms with E-state index < -0.39 is 17.9 Å². The van der Waals surface area contributed by atoms with Crippen LogP contribution in [-0.4, -0.2) is 46.4 Å². The molecule has 42 heavy (non-hydrogen) atoms. The number of amides is 2. The second-order valence-corrected chi connectivity index (χ2v) is 10.9. The third kappa shape index (κ3) is 8.43. The van der Waals surface area contributed by atoms with Crippen molar-refractivity contribution in [2.45, 2.75) is 44.6 Å². The lowest BCUT2D eigenvalue weighted by Crippen LogP contribution is -2.33. The van der Waals surface area contributed by atoms with Gasteiger partial charge in [0, 0.05) is 31.0 Å². The van der Waals surface area contributed by atoms with Crippen LogP contribution in [0.15, 0.2) is 65.9 Å². The number of rotatable bonds is 10. The molecule has 1 atom stereocenters. The monoisotopic (exact) mass is 610 g/mol. The van der Waals surface area contributed by atoms with Crippen molar-refractivity contribution in [3.8, 4) is 0 Å². The van der Waals surface area contributed by atoms with Crippen molar-refractivity contribution in [1.29, 1.82) is 0 Å². The van der Waals surface area contributed by atoms with Crippen molar-refractivity contribution in [3.05, 3.63) is 87.7 Å². The number of carboxylic acids is 1. The number of halogens is 2. The van der Waals surface area contributed by atoms with Gasteiger partial charge in [-0.2, -0.15) is 0 Å². The summed E-state index contributed by atoms with van der Waals surface area (Å²) < 4.78 is 0. The number of aliphatic imine (C=N–C) groups is 1. The Bertz CT molecular complexity index is 1440. The summed E-state index contributed by atoms with van der Waals surface area (Å²) in [5, 5.41) is 18.6. The van der Waals surface area contributed by atoms with E-state index in [2.05, 4.69) is 25.9 Å². The topological polar surface area (TPSA) is 159 Å². The average molecular weight is 612 g/mol. The molecule has 1 aliphatic carbocycles. The lowest BCUT2D eigenvalue weighted by Gasteiger charge is -2.22. The van der Waals surface area contributed by atoms with Crippen molar-refractivity contribution in [2.75, 3.05) is 17.2 Å². The molecular weight excluding hydrogens is 579 g/mol. The van der Waals surface area contributed by atoms with Gasteiger partial charge in [0.15, 0.2) is 12.0 Å². The molecule has 0 aliphatic heterocycles. The maximum atomic E-state index is 12.9. The predicted octanol–water partition coefficient (Wildman–Crippen LogP) is 5.37. The lowest BCUT2D eigenvalue weighted by molar-refractivity contribution is -0.138. The fraction of sp³-hybridized carbons (Fsp3) is 0.300. The number of carbonyl (C=O) groups is 3. The maximum Gasteiger partial charge on any atom is 0.328 e. The van der Waals surface area contributed by atoms with Crippen molar-refractivity contribution in [2.24, 2.45) is 16.6 Å². The minimum atomic E-state index is -1.19. The zero-order chi connectivity index (χ0) is 30.1. The van der Waals surface area contributed by atoms with E-state index in [9.17, 15) is 19.5 Å². The number of carbonyl (C=O) groups excluding carboxylic acids is 2. The number of para-hydroxylation sites is 1. The second kappa shape index (κ2) is 14.7. The molecule has 2 amide bonds. The van der Waals surface area contributed by atoms with Crippen LogP contribution in [0.5, 0.6) is 0 Å². The molecule has 12 heteroatoms. The highest BCUT2D eigenvalue weighted by Gasteiger charge is 2.20. The highest BCUT2D eigenvalue weighted by molar-refractivity contribution is 6.40. The summed E-state index contributed by atoms with van der Waals surface area (Å²) >= 11 is 12.1. The molecule has 0 spiro atoms. The number of nitrogens with one attached hydrogen (secondary N) is 3. The van der Waals surface area contributed by atoms with E-state index in [1.807, 2.05) is 0 Å². The fourth-order valence-electron chi connectivity index (χ4n) is 4.81. The quantitative estimate of drug-likeness (QED) is 0.152. The zero-order valence-electron chi connectivity index (χ0n) is 22.8. The van der Waals surface area contributed by atoms with Gasteiger partial charge in [-0.05, 0) is 48.6 Å². The van der Waals surface area contributed by atoms with E-state index >= 15 is 0 Å². The van der Waals surface area contributed by atoms with Gasteiger partial charge in [-0.25, -0.2) is 9.79 Å². The molecule has 10 nitrogen and oxygen atoms in total. The second-order valence-electron chi connectivity index (χ2n) is 10.1. The third-order valence-corrected chi connectivity index (χ3v) is 7.58. The first-order valence-electron chi connectivity index (χ1n) is 13.6. The average Bonchev–Trinajstić information content (AvgIpc) is 2.97. The molecule has 1 saturated carbocycles. The number of guanidine groups is 1. The molecule has 1 fully saturated rings. The standard InChI is InChI=1S/C30H32Cl2N6O4/c31-22-16-34-17-23(32)26(22)28(40)36-20-12-10-18(11-13-20)14-25(29(41)42)38-30(33)37-24-9-5-4-8-21(24)27(39)35-15-19-6-2-1-3-7-19/h4-5,8-13,16-17,19,25H,1-3,6-7,14-15H2,(H,35,39)(H,36,40)(H,41,42)(H3,33,37,38)/t25-/m0/s1. The van der Waals surface area contributed by atoms with E-state index in [4.69, 9.17) is 28.9 Å². The molecule has 0 unspecified atom stereocenters. The van der Waals surface area contributed by atoms with Gasteiger partial charge in [-0.1, -0.05) is 66.7 Å². The van der Waals surface area contributed by atoms with Gasteiger partial charge in [0.05, 0.1) is 26.9 Å². The molecule has 1 aliphatic rings. The van der Waals surface area contributed by atoms with Crippen molar-refractivity contribution < 1.29 is 19.5 Å². The number of carboxylic acid groups (broad SMARTS) is 1. The normalized spacial score (nSPS) is 14.6. The van der Waals surface area contributed by atoms with Gasteiger partial charge in [0.1, 0.15) is 0 Å². The molecule has 0 saturated heterocycles. The summed E-state index contributed by atoms with van der Waals surface area (Å²) in [7, 11) is 0. The fourth-order valence-corrected chi connectivity index (χ4v) is 5.35. The van der Waals surface area contributed by atoms with E-state index in [1.165, 1.54) is 31.7 Å². The SMILES string of the molecule is NC(=N[C@@H](Cc1ccc(NC(=O)c2c(Cl)cncc2Cl)cc1)C(=O)O)Nc1ccccc1C(=O)NCC1CCCCC1. The summed E-state index contributed by atoms with van der Waals surface area (Å²) in [5.74, 6) is -1.56. The minimum absolute atomic E-state index is 0.0392. The molecule has 0 radical (unpaired) electrons. The maximum absolute atomic E-state index is 12.9. The molecular formula is C30H32Cl2N6O4. The number of hydrogen-bond acceptors (Lipinski definition) is 5. The smallest absolute Gasteiger partial charge is 0.328 e. The number of pyridine rings is 1. The van der Waals surface area contributed by atoms with Crippen LogP contribution in [0, 0.1) is 5.92 Å². The number of benzene rings is 2. The van der Waals surface area contributed by atoms with Crippen LogP contribution in [0.1, 0.15) is 58.4 Å². The van der Waals surface area contributed by atoms with Gasteiger partial charge in [-0.3, -0.25) is 14.6 Å². The largest absolute Gasteiger partial charge is 0.480 e. The van der Waals surface area contributed by atoms with Crippen LogP contribution in [0.2, 0.25) is 10.0 Å². The van der Waals surface area contributed by atoms with Crippen LogP contribution < -0.4 is 21.7 Å². The van der Waals surface area contributed by atoms with Crippen molar-refractivity contribution in [3.63, 3.8) is 0 Å². The lowest BCUT2D eigenvalue weighted by atomic mass is 9.89. The molecule has 0 bridgehead atoms. The van der Waals surface area contributed by atoms with Crippen LogP contribution >= 0.6 is 23.2 Å². The first-order chi connectivity index (χ1) is 20.2. The van der Waals surface area contributed by atoms with E-state index in [0.29, 0.717) is 35.0 Å². The van der Waals surface area contributed by atoms with Crippen LogP contribution in [0.25, 0.3) is 0 Å². The molecule has 220 valence electrons. The Labute approximate surface area is 253 Å². The number of anilines is 2. The van der Waals surface area contributed by atoms with Crippen LogP contribution in [0.4, 0.5) is 11.4 Å². The van der Waals surface area contributed by atoms with Gasteiger partial charge in [0.2, 0.25) is 0 Å². The summed E-state index contributed by atoms with van der Waals surface area (Å²) in [6.45, 7) is 0.617. The Hall–Kier alpha value is -4.15. The molecule has 1 aromatic heterocycles. The number of nitrogens with zero attached hydrogens (tertiary/aromatic N) is 2. The number of hydrogen-bond donors (Lipinski definition) is 5. The van der Waals surface area contributed by atoms with Crippen molar-refractivity contribution in [1.82, 2.24) is 10.3 Å². The van der Waals surface area contributed by atoms with Gasteiger partial charge < -0.3 is 26.8 Å². The first-order valence-corrected chi connectivity index (χ1v) is 14.4. The first kappa shape index (κ1) is 30.8. The summed E-state index contributed by atoms with van der Waals surface area (Å²) in [6.07, 6.45) is 8.54. The van der Waals surface area contributed by atoms with Crippen LogP contribution in [-0.2, 0) is 11.2 Å². The Morgan fingerprint density at radius 2 is 1.62 bits per heavy atom. The molecule has 1 heterocycles. The summed E-state index contributed by atoms with van der Waals surface area (Å²) in [5.41, 5.74) is 8.12. The Kier molecular flexibility index (Phi) is 10.7. The number of nitrogens with two attached hydrogens (primary N) is 1. The Morgan fingerprint density at radius 3 is 2.29 bits per heavy atom. The molecule has 2 aromatic carbocycles. The van der Waals surface area contributed by atoms with Gasteiger partial charge >= 0.3 is 5.97 Å². The van der Waals surface area contributed by atoms with Gasteiger partial charge in [-0.15, -0.1) is 0 Å². The van der Waals surface area contributed by atoms with E-state index in [1.54, 1.807) is 48.5 Å². The minimum Gasteiger partial charge on any atom is -0.480 e. The molecule has 4 rings (SSSR count). The molecule has 6 N–H and O–H groups in total. The predicted molar refractivity (Wildman–Crippen MR) is 164 cm³/mol. The third-order valence-electron chi connectivity index (χ3n) is 7.01. The van der Waals surface area contributed by atoms with Gasteiger partial charge in [0.25, 0.3) is 11.8 Å². The van der Waals surface area contributed by atoms with E-state index in [0.717, 1.165) is 12.8 Å². The Morgan fingerprint density at radius 1 is 0.952 bits per heavy atom. The van der Waals surface area contributed by atoms with Crippen molar-refractivity contribution >= 4 is 58.3 Å². The van der Waals surface area contributed by atoms with Crippen LogP contribution in [0.3, 0.4) is 0 Å². The summed E-state index contributed by atoms with van der Waals surface area (Å²) in [6, 6.07) is 12.3. The number of aliphatic carboxylic acids is 1. The zero-order valence-corrected chi connectivity index (χ0v) is 24.3. The highest BCUT2D eigenvalue weighted by atomic mass is 35.5. The van der Waals surface area contributed by atoms with E-state index in [-0.39, 0.29) is 33.9 Å².